The fourth-order valence-corrected chi connectivity index (χ4v) is 3.95. The number of unbranched alkanes of at least 4 members (excludes halogenated alkanes) is 4. The van der Waals surface area contributed by atoms with Gasteiger partial charge < -0.3 is 10.2 Å². The lowest BCUT2D eigenvalue weighted by Gasteiger charge is -2.23. The summed E-state index contributed by atoms with van der Waals surface area (Å²) >= 11 is 0. The molecule has 2 rings (SSSR count). The summed E-state index contributed by atoms with van der Waals surface area (Å²) in [6, 6.07) is 8.18. The van der Waals surface area contributed by atoms with E-state index in [0.29, 0.717) is 11.5 Å². The first-order valence-corrected chi connectivity index (χ1v) is 9.95. The van der Waals surface area contributed by atoms with Gasteiger partial charge in [0.2, 0.25) is 0 Å². The molecule has 26 heavy (non-hydrogen) atoms. The fraction of sp³-hybridized carbons (Fsp3) is 0.500. The van der Waals surface area contributed by atoms with Gasteiger partial charge in [0, 0.05) is 17.0 Å². The van der Waals surface area contributed by atoms with Crippen molar-refractivity contribution in [3.63, 3.8) is 0 Å². The van der Waals surface area contributed by atoms with Crippen molar-refractivity contribution in [2.75, 3.05) is 0 Å². The largest absolute Gasteiger partial charge is 0.507 e. The summed E-state index contributed by atoms with van der Waals surface area (Å²) in [6.45, 7) is 10.3. The highest BCUT2D eigenvalue weighted by molar-refractivity contribution is 5.53. The number of benzene rings is 2. The predicted octanol–water partition coefficient (Wildman–Crippen LogP) is 6.82. The Labute approximate surface area is 158 Å². The number of hydrogen-bond acceptors (Lipinski definition) is 2. The Kier molecular flexibility index (Phi) is 7.14. The van der Waals surface area contributed by atoms with Gasteiger partial charge in [0.15, 0.2) is 0 Å². The lowest BCUT2D eigenvalue weighted by Crippen LogP contribution is -2.05. The molecular weight excluding hydrogens is 320 g/mol. The second-order valence-corrected chi connectivity index (χ2v) is 7.79. The third-order valence-corrected chi connectivity index (χ3v) is 5.30. The van der Waals surface area contributed by atoms with Gasteiger partial charge in [-0.1, -0.05) is 74.4 Å². The molecular formula is C24H34O2. The van der Waals surface area contributed by atoms with E-state index in [0.717, 1.165) is 46.2 Å². The maximum atomic E-state index is 10.7. The summed E-state index contributed by atoms with van der Waals surface area (Å²) in [5.74, 6) is 0.759. The Morgan fingerprint density at radius 3 is 1.62 bits per heavy atom. The van der Waals surface area contributed by atoms with Gasteiger partial charge in [-0.3, -0.25) is 0 Å². The standard InChI is InChI=1S/C24H34O2/c1-6-7-8-9-10-11-20(21-14-16(2)12-18(4)23(21)25)22-15-17(3)13-19(5)24(22)26/h12-15,20,25-26H,6-11H2,1-5H3. The molecule has 0 bridgehead atoms. The highest BCUT2D eigenvalue weighted by Crippen LogP contribution is 2.42. The van der Waals surface area contributed by atoms with Gasteiger partial charge in [-0.2, -0.15) is 0 Å². The lowest BCUT2D eigenvalue weighted by atomic mass is 9.83. The highest BCUT2D eigenvalue weighted by atomic mass is 16.3. The van der Waals surface area contributed by atoms with Crippen LogP contribution in [0, 0.1) is 27.7 Å². The average molecular weight is 355 g/mol. The van der Waals surface area contributed by atoms with Crippen molar-refractivity contribution < 1.29 is 10.2 Å². The van der Waals surface area contributed by atoms with Crippen molar-refractivity contribution in [1.29, 1.82) is 0 Å². The highest BCUT2D eigenvalue weighted by Gasteiger charge is 2.23. The van der Waals surface area contributed by atoms with Crippen molar-refractivity contribution >= 4 is 0 Å². The molecule has 0 spiro atoms. The van der Waals surface area contributed by atoms with E-state index in [1.54, 1.807) is 0 Å². The van der Waals surface area contributed by atoms with Crippen molar-refractivity contribution in [3.05, 3.63) is 57.6 Å². The zero-order valence-electron chi connectivity index (χ0n) is 17.0. The van der Waals surface area contributed by atoms with Gasteiger partial charge in [0.05, 0.1) is 0 Å². The van der Waals surface area contributed by atoms with E-state index in [1.807, 2.05) is 26.0 Å². The Morgan fingerprint density at radius 1 is 0.692 bits per heavy atom. The second kappa shape index (κ2) is 9.12. The molecule has 2 aromatic carbocycles. The van der Waals surface area contributed by atoms with E-state index in [9.17, 15) is 10.2 Å². The molecule has 0 saturated carbocycles. The molecule has 0 aliphatic rings. The van der Waals surface area contributed by atoms with E-state index in [2.05, 4.69) is 32.9 Å². The number of phenols is 2. The van der Waals surface area contributed by atoms with Gasteiger partial charge in [-0.05, 0) is 45.2 Å². The number of aromatic hydroxyl groups is 2. The summed E-state index contributed by atoms with van der Waals surface area (Å²) in [5, 5.41) is 21.5. The number of aryl methyl sites for hydroxylation is 4. The van der Waals surface area contributed by atoms with Crippen molar-refractivity contribution in [1.82, 2.24) is 0 Å². The molecule has 0 radical (unpaired) electrons. The van der Waals surface area contributed by atoms with E-state index in [1.165, 1.54) is 25.7 Å². The van der Waals surface area contributed by atoms with Crippen molar-refractivity contribution in [2.45, 2.75) is 79.1 Å². The van der Waals surface area contributed by atoms with Crippen LogP contribution < -0.4 is 0 Å². The molecule has 2 aromatic rings. The Balaban J connectivity index is 2.43. The minimum atomic E-state index is 0.0221. The summed E-state index contributed by atoms with van der Waals surface area (Å²) in [6.07, 6.45) is 7.00. The average Bonchev–Trinajstić information content (AvgIpc) is 2.58. The summed E-state index contributed by atoms with van der Waals surface area (Å²) in [7, 11) is 0. The quantitative estimate of drug-likeness (QED) is 0.510. The van der Waals surface area contributed by atoms with E-state index < -0.39 is 0 Å². The van der Waals surface area contributed by atoms with Crippen LogP contribution in [0.25, 0.3) is 0 Å². The Bertz CT molecular complexity index is 689. The zero-order chi connectivity index (χ0) is 19.3. The number of phenolic OH excluding ortho intramolecular Hbond substituents is 2. The normalized spacial score (nSPS) is 11.3. The molecule has 2 heteroatoms. The molecule has 0 heterocycles. The van der Waals surface area contributed by atoms with E-state index >= 15 is 0 Å². The van der Waals surface area contributed by atoms with Gasteiger partial charge in [0.25, 0.3) is 0 Å². The predicted molar refractivity (Wildman–Crippen MR) is 110 cm³/mol. The van der Waals surface area contributed by atoms with Crippen LogP contribution in [0.4, 0.5) is 0 Å². The maximum absolute atomic E-state index is 10.7. The molecule has 0 aliphatic carbocycles. The molecule has 0 aromatic heterocycles. The summed E-state index contributed by atoms with van der Waals surface area (Å²) in [4.78, 5) is 0. The molecule has 2 nitrogen and oxygen atoms in total. The topological polar surface area (TPSA) is 40.5 Å². The minimum absolute atomic E-state index is 0.0221. The molecule has 0 aliphatic heterocycles. The van der Waals surface area contributed by atoms with E-state index in [4.69, 9.17) is 0 Å². The second-order valence-electron chi connectivity index (χ2n) is 7.79. The minimum Gasteiger partial charge on any atom is -0.507 e. The van der Waals surface area contributed by atoms with Gasteiger partial charge >= 0.3 is 0 Å². The maximum Gasteiger partial charge on any atom is 0.122 e. The van der Waals surface area contributed by atoms with Crippen LogP contribution in [0.5, 0.6) is 11.5 Å². The first-order valence-electron chi connectivity index (χ1n) is 9.95. The van der Waals surface area contributed by atoms with E-state index in [-0.39, 0.29) is 5.92 Å². The van der Waals surface area contributed by atoms with Crippen LogP contribution in [0.2, 0.25) is 0 Å². The Hall–Kier alpha value is -1.96. The van der Waals surface area contributed by atoms with Crippen molar-refractivity contribution in [2.24, 2.45) is 0 Å². The SMILES string of the molecule is CCCCCCCC(c1cc(C)cc(C)c1O)c1cc(C)cc(C)c1O. The van der Waals surface area contributed by atoms with Gasteiger partial charge in [0.1, 0.15) is 11.5 Å². The first kappa shape index (κ1) is 20.4. The molecule has 2 N–H and O–H groups in total. The Morgan fingerprint density at radius 2 is 1.15 bits per heavy atom. The molecule has 0 saturated heterocycles. The molecule has 0 amide bonds. The zero-order valence-corrected chi connectivity index (χ0v) is 17.0. The smallest absolute Gasteiger partial charge is 0.122 e. The van der Waals surface area contributed by atoms with Crippen LogP contribution in [-0.2, 0) is 0 Å². The lowest BCUT2D eigenvalue weighted by molar-refractivity contribution is 0.443. The van der Waals surface area contributed by atoms with Crippen LogP contribution in [0.3, 0.4) is 0 Å². The molecule has 142 valence electrons. The third-order valence-electron chi connectivity index (χ3n) is 5.30. The van der Waals surface area contributed by atoms with Crippen LogP contribution in [-0.4, -0.2) is 10.2 Å². The molecule has 0 atom stereocenters. The van der Waals surface area contributed by atoms with Gasteiger partial charge in [-0.15, -0.1) is 0 Å². The number of rotatable bonds is 8. The third kappa shape index (κ3) is 4.81. The fourth-order valence-electron chi connectivity index (χ4n) is 3.95. The molecule has 0 unspecified atom stereocenters. The van der Waals surface area contributed by atoms with Crippen molar-refractivity contribution in [3.8, 4) is 11.5 Å². The van der Waals surface area contributed by atoms with Crippen LogP contribution in [0.1, 0.15) is 84.7 Å². The summed E-state index contributed by atoms with van der Waals surface area (Å²) in [5.41, 5.74) is 5.99. The molecule has 0 fully saturated rings. The first-order chi connectivity index (χ1) is 12.3. The monoisotopic (exact) mass is 354 g/mol. The van der Waals surface area contributed by atoms with Crippen LogP contribution in [0.15, 0.2) is 24.3 Å². The van der Waals surface area contributed by atoms with Gasteiger partial charge in [-0.25, -0.2) is 0 Å². The van der Waals surface area contributed by atoms with Crippen LogP contribution >= 0.6 is 0 Å². The summed E-state index contributed by atoms with van der Waals surface area (Å²) < 4.78 is 0. The number of hydrogen-bond donors (Lipinski definition) is 2.